The van der Waals surface area contributed by atoms with Crippen molar-refractivity contribution < 1.29 is 13.5 Å². The van der Waals surface area contributed by atoms with Gasteiger partial charge in [0.05, 0.1) is 11.4 Å². The summed E-state index contributed by atoms with van der Waals surface area (Å²) in [4.78, 5) is 4.87. The van der Waals surface area contributed by atoms with Gasteiger partial charge in [0.25, 0.3) is 0 Å². The smallest absolute Gasteiger partial charge is 0.242 e. The number of aliphatic hydroxyl groups excluding tert-OH is 1. The number of aliphatic hydroxyl groups is 1. The van der Waals surface area contributed by atoms with E-state index < -0.39 is 10.0 Å². The first-order valence-electron chi connectivity index (χ1n) is 9.85. The number of halogens is 1. The summed E-state index contributed by atoms with van der Waals surface area (Å²) in [5, 5.41) is 15.8. The molecule has 0 aliphatic rings. The second-order valence-corrected chi connectivity index (χ2v) is 9.67. The summed E-state index contributed by atoms with van der Waals surface area (Å²) >= 11 is 0. The van der Waals surface area contributed by atoms with E-state index in [1.54, 1.807) is 24.3 Å². The van der Waals surface area contributed by atoms with Gasteiger partial charge >= 0.3 is 0 Å². The molecule has 9 heteroatoms. The third-order valence-corrected chi connectivity index (χ3v) is 6.20. The molecule has 29 heavy (non-hydrogen) atoms. The van der Waals surface area contributed by atoms with Crippen LogP contribution >= 0.6 is 24.0 Å². The van der Waals surface area contributed by atoms with Crippen LogP contribution in [0.3, 0.4) is 0 Å². The highest BCUT2D eigenvalue weighted by Crippen LogP contribution is 2.15. The fraction of sp³-hybridized carbons (Fsp3) is 0.650. The Morgan fingerprint density at radius 2 is 1.79 bits per heavy atom. The Bertz CT molecular complexity index is 707. The van der Waals surface area contributed by atoms with Crippen LogP contribution in [0.1, 0.15) is 39.2 Å². The van der Waals surface area contributed by atoms with Crippen molar-refractivity contribution in [2.75, 3.05) is 33.8 Å². The normalized spacial score (nSPS) is 13.3. The third kappa shape index (κ3) is 10.1. The number of hydrogen-bond acceptors (Lipinski definition) is 4. The molecule has 0 saturated heterocycles. The molecule has 1 aromatic rings. The first-order valence-corrected chi connectivity index (χ1v) is 11.3. The van der Waals surface area contributed by atoms with Crippen LogP contribution in [-0.2, 0) is 16.6 Å². The van der Waals surface area contributed by atoms with E-state index in [1.807, 2.05) is 6.92 Å². The van der Waals surface area contributed by atoms with Gasteiger partial charge in [-0.15, -0.1) is 24.0 Å². The van der Waals surface area contributed by atoms with E-state index in [1.165, 1.54) is 18.4 Å². The number of aliphatic imine (C=N–C) groups is 1. The van der Waals surface area contributed by atoms with Crippen LogP contribution in [0.5, 0.6) is 0 Å². The Labute approximate surface area is 193 Å². The molecule has 0 spiro atoms. The first-order chi connectivity index (χ1) is 13.2. The Kier molecular flexibility index (Phi) is 13.7. The maximum Gasteiger partial charge on any atom is 0.242 e. The van der Waals surface area contributed by atoms with Crippen LogP contribution in [0.2, 0.25) is 0 Å². The van der Waals surface area contributed by atoms with Gasteiger partial charge < -0.3 is 15.7 Å². The Morgan fingerprint density at radius 3 is 2.28 bits per heavy atom. The van der Waals surface area contributed by atoms with Gasteiger partial charge in [0.1, 0.15) is 0 Å². The highest BCUT2D eigenvalue weighted by Gasteiger charge is 2.16. The zero-order valence-electron chi connectivity index (χ0n) is 18.2. The minimum Gasteiger partial charge on any atom is -0.396 e. The fourth-order valence-electron chi connectivity index (χ4n) is 2.88. The van der Waals surface area contributed by atoms with E-state index in [-0.39, 0.29) is 35.5 Å². The largest absolute Gasteiger partial charge is 0.396 e. The van der Waals surface area contributed by atoms with Gasteiger partial charge in [-0.2, -0.15) is 0 Å². The van der Waals surface area contributed by atoms with E-state index in [4.69, 9.17) is 0 Å². The number of rotatable bonds is 11. The predicted molar refractivity (Wildman–Crippen MR) is 130 cm³/mol. The number of nitrogens with one attached hydrogen (secondary N) is 2. The van der Waals surface area contributed by atoms with E-state index >= 15 is 0 Å². The second kappa shape index (κ2) is 14.2. The first kappa shape index (κ1) is 28.1. The van der Waals surface area contributed by atoms with Crippen molar-refractivity contribution >= 4 is 40.0 Å². The molecule has 0 heterocycles. The molecule has 7 nitrogen and oxygen atoms in total. The minimum absolute atomic E-state index is 0. The lowest BCUT2D eigenvalue weighted by molar-refractivity contribution is 0.243. The van der Waals surface area contributed by atoms with Crippen molar-refractivity contribution in [1.82, 2.24) is 14.9 Å². The van der Waals surface area contributed by atoms with Crippen LogP contribution < -0.4 is 10.6 Å². The molecule has 0 fully saturated rings. The van der Waals surface area contributed by atoms with Crippen molar-refractivity contribution in [2.45, 2.75) is 45.1 Å². The van der Waals surface area contributed by atoms with Gasteiger partial charge in [-0.1, -0.05) is 26.0 Å². The molecular formula is C20H37IN4O3S. The molecule has 0 bridgehead atoms. The number of benzene rings is 1. The fourth-order valence-corrected chi connectivity index (χ4v) is 3.78. The zero-order valence-corrected chi connectivity index (χ0v) is 21.3. The summed E-state index contributed by atoms with van der Waals surface area (Å²) in [5.74, 6) is 1.69. The zero-order chi connectivity index (χ0) is 21.2. The van der Waals surface area contributed by atoms with Gasteiger partial charge in [-0.25, -0.2) is 17.7 Å². The molecular weight excluding hydrogens is 503 g/mol. The molecule has 0 aromatic heterocycles. The molecule has 3 N–H and O–H groups in total. The van der Waals surface area contributed by atoms with E-state index in [0.717, 1.165) is 37.5 Å². The summed E-state index contributed by atoms with van der Waals surface area (Å²) in [7, 11) is -0.377. The number of nitrogens with zero attached hydrogens (tertiary/aromatic N) is 2. The molecule has 0 aliphatic carbocycles. The van der Waals surface area contributed by atoms with Crippen LogP contribution in [-0.4, -0.2) is 57.6 Å². The number of guanidine groups is 1. The Morgan fingerprint density at radius 1 is 1.17 bits per heavy atom. The number of hydrogen-bond donors (Lipinski definition) is 3. The minimum atomic E-state index is -3.41. The molecule has 168 valence electrons. The van der Waals surface area contributed by atoms with Crippen LogP contribution in [0, 0.1) is 11.8 Å². The Hall–Kier alpha value is -0.910. The average Bonchev–Trinajstić information content (AvgIpc) is 2.63. The molecule has 1 unspecified atom stereocenters. The second-order valence-electron chi connectivity index (χ2n) is 7.52. The van der Waals surface area contributed by atoms with Crippen molar-refractivity contribution in [1.29, 1.82) is 0 Å². The quantitative estimate of drug-likeness (QED) is 0.228. The van der Waals surface area contributed by atoms with Crippen LogP contribution in [0.25, 0.3) is 0 Å². The maximum absolute atomic E-state index is 12.1. The summed E-state index contributed by atoms with van der Waals surface area (Å²) < 4.78 is 25.5. The Balaban J connectivity index is 0.00000784. The highest BCUT2D eigenvalue weighted by molar-refractivity contribution is 14.0. The molecule has 0 saturated carbocycles. The van der Waals surface area contributed by atoms with E-state index in [0.29, 0.717) is 18.4 Å². The van der Waals surface area contributed by atoms with Gasteiger partial charge in [0, 0.05) is 33.8 Å². The maximum atomic E-state index is 12.1. The monoisotopic (exact) mass is 540 g/mol. The average molecular weight is 541 g/mol. The third-order valence-electron chi connectivity index (χ3n) is 4.37. The van der Waals surface area contributed by atoms with Crippen molar-refractivity contribution in [2.24, 2.45) is 16.8 Å². The standard InChI is InChI=1S/C20H36N4O3S.HI/c1-6-21-20(23-15-18(11-12-25)13-16(2)3)22-14-17-7-9-19(10-8-17)28(26,27)24(4)5;/h7-10,16,18,25H,6,11-15H2,1-5H3,(H2,21,22,23);1H. The van der Waals surface area contributed by atoms with Gasteiger partial charge in [0.2, 0.25) is 10.0 Å². The molecule has 0 amide bonds. The van der Waals surface area contributed by atoms with E-state index in [2.05, 4.69) is 29.5 Å². The molecule has 1 atom stereocenters. The van der Waals surface area contributed by atoms with Gasteiger partial charge in [-0.05, 0) is 49.3 Å². The van der Waals surface area contributed by atoms with Crippen LogP contribution in [0.4, 0.5) is 0 Å². The predicted octanol–water partition coefficient (Wildman–Crippen LogP) is 2.65. The molecule has 0 aliphatic heterocycles. The summed E-state index contributed by atoms with van der Waals surface area (Å²) in [6, 6.07) is 6.80. The van der Waals surface area contributed by atoms with Gasteiger partial charge in [-0.3, -0.25) is 0 Å². The van der Waals surface area contributed by atoms with E-state index in [9.17, 15) is 13.5 Å². The molecule has 1 rings (SSSR count). The topological polar surface area (TPSA) is 94.0 Å². The summed E-state index contributed by atoms with van der Waals surface area (Å²) in [5.41, 5.74) is 0.934. The van der Waals surface area contributed by atoms with Crippen LogP contribution in [0.15, 0.2) is 34.2 Å². The lowest BCUT2D eigenvalue weighted by atomic mass is 9.94. The van der Waals surface area contributed by atoms with Crippen molar-refractivity contribution in [3.8, 4) is 0 Å². The SMILES string of the molecule is CCNC(=NCc1ccc(S(=O)(=O)N(C)C)cc1)NCC(CCO)CC(C)C.I. The molecule has 0 radical (unpaired) electrons. The number of sulfonamides is 1. The summed E-state index contributed by atoms with van der Waals surface area (Å²) in [6.07, 6.45) is 1.82. The summed E-state index contributed by atoms with van der Waals surface area (Å²) in [6.45, 7) is 8.53. The highest BCUT2D eigenvalue weighted by atomic mass is 127. The van der Waals surface area contributed by atoms with Crippen molar-refractivity contribution in [3.05, 3.63) is 29.8 Å². The molecule has 1 aromatic carbocycles. The lowest BCUT2D eigenvalue weighted by Gasteiger charge is -2.20. The van der Waals surface area contributed by atoms with Crippen molar-refractivity contribution in [3.63, 3.8) is 0 Å². The van der Waals surface area contributed by atoms with Gasteiger partial charge in [0.15, 0.2) is 5.96 Å². The lowest BCUT2D eigenvalue weighted by Crippen LogP contribution is -2.40.